The van der Waals surface area contributed by atoms with Crippen molar-refractivity contribution in [2.75, 3.05) is 12.3 Å². The Morgan fingerprint density at radius 2 is 2.04 bits per heavy atom. The summed E-state index contributed by atoms with van der Waals surface area (Å²) in [4.78, 5) is 12.0. The van der Waals surface area contributed by atoms with Crippen LogP contribution in [0.2, 0.25) is 5.02 Å². The number of ether oxygens (including phenoxy) is 1. The van der Waals surface area contributed by atoms with Crippen LogP contribution < -0.4 is 10.1 Å². The maximum Gasteiger partial charge on any atom is 0.260 e. The number of halogens is 3. The second-order valence-electron chi connectivity index (χ2n) is 5.26. The Kier molecular flexibility index (Phi) is 8.06. The van der Waals surface area contributed by atoms with E-state index in [9.17, 15) is 9.18 Å². The van der Waals surface area contributed by atoms with Crippen molar-refractivity contribution in [2.24, 2.45) is 0 Å². The van der Waals surface area contributed by atoms with Crippen LogP contribution in [0.15, 0.2) is 46.9 Å². The summed E-state index contributed by atoms with van der Waals surface area (Å²) in [5, 5.41) is 3.23. The van der Waals surface area contributed by atoms with Crippen LogP contribution >= 0.6 is 39.3 Å². The first kappa shape index (κ1) is 20.1. The fourth-order valence-corrected chi connectivity index (χ4v) is 3.47. The van der Waals surface area contributed by atoms with Gasteiger partial charge in [-0.2, -0.15) is 11.8 Å². The van der Waals surface area contributed by atoms with E-state index in [1.807, 2.05) is 12.1 Å². The van der Waals surface area contributed by atoms with Crippen molar-refractivity contribution in [1.82, 2.24) is 5.32 Å². The number of benzene rings is 2. The molecule has 1 amide bonds. The van der Waals surface area contributed by atoms with E-state index in [2.05, 4.69) is 21.2 Å². The van der Waals surface area contributed by atoms with Crippen molar-refractivity contribution in [3.63, 3.8) is 0 Å². The molecule has 2 aromatic rings. The quantitative estimate of drug-likeness (QED) is 0.576. The first-order valence-corrected chi connectivity index (χ1v) is 10.0. The van der Waals surface area contributed by atoms with Crippen molar-refractivity contribution in [2.45, 2.75) is 18.8 Å². The third-order valence-electron chi connectivity index (χ3n) is 3.35. The summed E-state index contributed by atoms with van der Waals surface area (Å²) < 4.78 is 20.2. The van der Waals surface area contributed by atoms with E-state index in [0.29, 0.717) is 34.4 Å². The van der Waals surface area contributed by atoms with Crippen LogP contribution in [0.3, 0.4) is 0 Å². The molecule has 0 aromatic heterocycles. The van der Waals surface area contributed by atoms with Gasteiger partial charge in [0.15, 0.2) is 6.10 Å². The summed E-state index contributed by atoms with van der Waals surface area (Å²) in [7, 11) is 0. The summed E-state index contributed by atoms with van der Waals surface area (Å²) >= 11 is 10.8. The van der Waals surface area contributed by atoms with Gasteiger partial charge in [-0.05, 0) is 43.3 Å². The van der Waals surface area contributed by atoms with Gasteiger partial charge < -0.3 is 10.1 Å². The minimum Gasteiger partial charge on any atom is -0.481 e. The smallest absolute Gasteiger partial charge is 0.260 e. The first-order valence-electron chi connectivity index (χ1n) is 7.68. The highest BCUT2D eigenvalue weighted by molar-refractivity contribution is 9.10. The second kappa shape index (κ2) is 10.0. The van der Waals surface area contributed by atoms with Gasteiger partial charge in [0.05, 0.1) is 0 Å². The Hall–Kier alpha value is -1.24. The van der Waals surface area contributed by atoms with Gasteiger partial charge in [-0.25, -0.2) is 4.39 Å². The van der Waals surface area contributed by atoms with Crippen LogP contribution in [0.25, 0.3) is 0 Å². The molecule has 0 aliphatic carbocycles. The Labute approximate surface area is 164 Å². The van der Waals surface area contributed by atoms with E-state index in [4.69, 9.17) is 16.3 Å². The van der Waals surface area contributed by atoms with Crippen LogP contribution in [-0.4, -0.2) is 24.3 Å². The zero-order valence-electron chi connectivity index (χ0n) is 13.6. The van der Waals surface area contributed by atoms with Gasteiger partial charge in [-0.15, -0.1) is 0 Å². The number of hydrogen-bond donors (Lipinski definition) is 1. The summed E-state index contributed by atoms with van der Waals surface area (Å²) in [6.45, 7) is 2.17. The van der Waals surface area contributed by atoms with E-state index < -0.39 is 6.10 Å². The molecule has 3 nitrogen and oxygen atoms in total. The fraction of sp³-hybridized carbons (Fsp3) is 0.278. The average molecular weight is 447 g/mol. The van der Waals surface area contributed by atoms with Crippen LogP contribution in [-0.2, 0) is 10.5 Å². The van der Waals surface area contributed by atoms with E-state index >= 15 is 0 Å². The number of amides is 1. The predicted octanol–water partition coefficient (Wildman–Crippen LogP) is 5.06. The van der Waals surface area contributed by atoms with Crippen molar-refractivity contribution < 1.29 is 13.9 Å². The van der Waals surface area contributed by atoms with Gasteiger partial charge in [-0.1, -0.05) is 33.6 Å². The topological polar surface area (TPSA) is 38.3 Å². The predicted molar refractivity (Wildman–Crippen MR) is 105 cm³/mol. The van der Waals surface area contributed by atoms with Crippen molar-refractivity contribution in [3.8, 4) is 5.75 Å². The lowest BCUT2D eigenvalue weighted by atomic mass is 10.2. The summed E-state index contributed by atoms with van der Waals surface area (Å²) in [5.41, 5.74) is 0.493. The number of thioether (sulfide) groups is 1. The number of carbonyl (C=O) groups excluding carboxylic acids is 1. The Morgan fingerprint density at radius 3 is 2.72 bits per heavy atom. The molecule has 1 N–H and O–H groups in total. The third kappa shape index (κ3) is 6.53. The molecule has 134 valence electrons. The molecule has 2 aromatic carbocycles. The molecule has 0 fully saturated rings. The van der Waals surface area contributed by atoms with Crippen molar-refractivity contribution in [3.05, 3.63) is 63.3 Å². The van der Waals surface area contributed by atoms with Gasteiger partial charge in [0.2, 0.25) is 0 Å². The van der Waals surface area contributed by atoms with Gasteiger partial charge in [-0.3, -0.25) is 4.79 Å². The second-order valence-corrected chi connectivity index (χ2v) is 7.69. The number of rotatable bonds is 8. The molecule has 0 saturated carbocycles. The van der Waals surface area contributed by atoms with Crippen LogP contribution in [0.1, 0.15) is 12.5 Å². The number of carbonyl (C=O) groups is 1. The maximum atomic E-state index is 13.6. The molecule has 0 radical (unpaired) electrons. The molecule has 0 bridgehead atoms. The lowest BCUT2D eigenvalue weighted by Gasteiger charge is -2.14. The fourth-order valence-electron chi connectivity index (χ4n) is 2.01. The highest BCUT2D eigenvalue weighted by Gasteiger charge is 2.14. The molecule has 7 heteroatoms. The van der Waals surface area contributed by atoms with Gasteiger partial charge in [0.25, 0.3) is 5.91 Å². The summed E-state index contributed by atoms with van der Waals surface area (Å²) in [6, 6.07) is 11.9. The Bertz CT molecular complexity index is 694. The van der Waals surface area contributed by atoms with Crippen LogP contribution in [0, 0.1) is 5.82 Å². The molecule has 0 saturated heterocycles. The van der Waals surface area contributed by atoms with Crippen LogP contribution in [0.5, 0.6) is 5.75 Å². The third-order valence-corrected chi connectivity index (χ3v) is 5.22. The minimum atomic E-state index is -0.591. The SMILES string of the molecule is CC(Oc1ccc(Br)cc1)C(=O)NCCSCc1c(F)cccc1Cl. The first-order chi connectivity index (χ1) is 12.0. The lowest BCUT2D eigenvalue weighted by molar-refractivity contribution is -0.127. The normalized spacial score (nSPS) is 11.8. The van der Waals surface area contributed by atoms with Gasteiger partial charge >= 0.3 is 0 Å². The lowest BCUT2D eigenvalue weighted by Crippen LogP contribution is -2.37. The Morgan fingerprint density at radius 1 is 1.32 bits per heavy atom. The van der Waals surface area contributed by atoms with Crippen molar-refractivity contribution >= 4 is 45.2 Å². The summed E-state index contributed by atoms with van der Waals surface area (Å²) in [6.07, 6.45) is -0.591. The molecular formula is C18H18BrClFNO2S. The van der Waals surface area contributed by atoms with Gasteiger partial charge in [0.1, 0.15) is 11.6 Å². The van der Waals surface area contributed by atoms with Crippen LogP contribution in [0.4, 0.5) is 4.39 Å². The molecule has 25 heavy (non-hydrogen) atoms. The molecule has 0 spiro atoms. The molecule has 1 unspecified atom stereocenters. The zero-order valence-corrected chi connectivity index (χ0v) is 16.8. The molecular weight excluding hydrogens is 429 g/mol. The highest BCUT2D eigenvalue weighted by Crippen LogP contribution is 2.23. The van der Waals surface area contributed by atoms with E-state index in [1.165, 1.54) is 17.8 Å². The molecule has 0 aliphatic heterocycles. The van der Waals surface area contributed by atoms with E-state index in [1.54, 1.807) is 31.2 Å². The average Bonchev–Trinajstić information content (AvgIpc) is 2.58. The monoisotopic (exact) mass is 445 g/mol. The van der Waals surface area contributed by atoms with E-state index in [-0.39, 0.29) is 11.7 Å². The molecule has 0 aliphatic rings. The minimum absolute atomic E-state index is 0.188. The molecule has 1 atom stereocenters. The van der Waals surface area contributed by atoms with Gasteiger partial charge in [0, 0.05) is 33.1 Å². The largest absolute Gasteiger partial charge is 0.481 e. The Balaban J connectivity index is 1.68. The van der Waals surface area contributed by atoms with E-state index in [0.717, 1.165) is 4.47 Å². The highest BCUT2D eigenvalue weighted by atomic mass is 79.9. The molecule has 0 heterocycles. The summed E-state index contributed by atoms with van der Waals surface area (Å²) in [5.74, 6) is 1.26. The molecule has 2 rings (SSSR count). The number of nitrogens with one attached hydrogen (secondary N) is 1. The number of hydrogen-bond acceptors (Lipinski definition) is 3. The zero-order chi connectivity index (χ0) is 18.2. The van der Waals surface area contributed by atoms with Crippen molar-refractivity contribution in [1.29, 1.82) is 0 Å². The standard InChI is InChI=1S/C18H18BrClFNO2S/c1-12(24-14-7-5-13(19)6-8-14)18(23)22-9-10-25-11-15-16(20)3-2-4-17(15)21/h2-8,12H,9-11H2,1H3,(H,22,23). The maximum absolute atomic E-state index is 13.6.